The van der Waals surface area contributed by atoms with Crippen LogP contribution in [0.4, 0.5) is 21.6 Å². The highest BCUT2D eigenvalue weighted by Gasteiger charge is 2.30. The molecule has 0 radical (unpaired) electrons. The molecule has 11 nitrogen and oxygen atoms in total. The highest BCUT2D eigenvalue weighted by molar-refractivity contribution is 6.00. The van der Waals surface area contributed by atoms with E-state index in [1.807, 2.05) is 5.32 Å². The first-order valence-corrected chi connectivity index (χ1v) is 9.58. The number of rotatable bonds is 7. The average molecular weight is 443 g/mol. The second kappa shape index (κ2) is 8.57. The number of nitrogens with zero attached hydrogens (tertiary/aromatic N) is 5. The molecule has 3 aromatic rings. The Morgan fingerprint density at radius 2 is 2.06 bits per heavy atom. The zero-order valence-electron chi connectivity index (χ0n) is 20.1. The van der Waals surface area contributed by atoms with Crippen molar-refractivity contribution >= 4 is 29.0 Å². The number of carbonyl (C=O) groups is 2. The van der Waals surface area contributed by atoms with Crippen LogP contribution in [0.3, 0.4) is 0 Å². The molecule has 1 aliphatic rings. The molecule has 0 bridgehead atoms. The summed E-state index contributed by atoms with van der Waals surface area (Å²) in [6, 6.07) is 3.60. The predicted octanol–water partition coefficient (Wildman–Crippen LogP) is 1.97. The van der Waals surface area contributed by atoms with Crippen molar-refractivity contribution < 1.29 is 22.8 Å². The highest BCUT2D eigenvalue weighted by Crippen LogP contribution is 2.36. The van der Waals surface area contributed by atoms with Gasteiger partial charge in [-0.1, -0.05) is 0 Å². The zero-order chi connectivity index (χ0) is 25.3. The number of aromatic nitrogens is 5. The topological polar surface area (TPSA) is 136 Å². The maximum atomic E-state index is 14.6. The second-order valence-corrected chi connectivity index (χ2v) is 7.08. The summed E-state index contributed by atoms with van der Waals surface area (Å²) in [5.74, 6) is -1.46. The van der Waals surface area contributed by atoms with Gasteiger partial charge in [-0.25, -0.2) is 14.1 Å². The number of nitrogens with one attached hydrogen (secondary N) is 3. The minimum Gasteiger partial charge on any atom is -0.492 e. The Hall–Kier alpha value is -4.09. The van der Waals surface area contributed by atoms with Crippen molar-refractivity contribution in [2.45, 2.75) is 19.8 Å². The molecule has 166 valence electrons. The predicted molar refractivity (Wildman–Crippen MR) is 113 cm³/mol. The van der Waals surface area contributed by atoms with Crippen molar-refractivity contribution in [1.82, 2.24) is 30.3 Å². The lowest BCUT2D eigenvalue weighted by atomic mass is 10.2. The molecule has 1 aromatic carbocycles. The van der Waals surface area contributed by atoms with Crippen molar-refractivity contribution in [3.63, 3.8) is 0 Å². The van der Waals surface area contributed by atoms with Crippen molar-refractivity contribution in [2.75, 3.05) is 24.7 Å². The van der Waals surface area contributed by atoms with E-state index in [1.165, 1.54) is 30.3 Å². The molecule has 0 unspecified atom stereocenters. The third-order valence-corrected chi connectivity index (χ3v) is 4.68. The minimum absolute atomic E-state index is 0.0253. The molecule has 2 aromatic heterocycles. The fourth-order valence-electron chi connectivity index (χ4n) is 3.01. The molecule has 0 aliphatic heterocycles. The third-order valence-electron chi connectivity index (χ3n) is 4.68. The Morgan fingerprint density at radius 1 is 1.25 bits per heavy atom. The van der Waals surface area contributed by atoms with Gasteiger partial charge in [0, 0.05) is 35.2 Å². The first-order chi connectivity index (χ1) is 16.5. The number of benzene rings is 1. The van der Waals surface area contributed by atoms with Crippen LogP contribution in [0.2, 0.25) is 0 Å². The Morgan fingerprint density at radius 3 is 2.72 bits per heavy atom. The van der Waals surface area contributed by atoms with Gasteiger partial charge in [0.25, 0.3) is 5.91 Å². The molecule has 2 heterocycles. The normalized spacial score (nSPS) is 14.7. The van der Waals surface area contributed by atoms with E-state index in [-0.39, 0.29) is 40.5 Å². The van der Waals surface area contributed by atoms with E-state index in [9.17, 15) is 14.0 Å². The maximum Gasteiger partial charge on any atom is 0.273 e. The number of methoxy groups -OCH3 is 1. The smallest absolute Gasteiger partial charge is 0.273 e. The molecule has 12 heteroatoms. The van der Waals surface area contributed by atoms with Gasteiger partial charge in [0.15, 0.2) is 17.3 Å². The Balaban J connectivity index is 1.76. The molecule has 4 rings (SSSR count). The summed E-state index contributed by atoms with van der Waals surface area (Å²) in [4.78, 5) is 28.8. The lowest BCUT2D eigenvalue weighted by Crippen LogP contribution is -2.22. The number of anilines is 3. The summed E-state index contributed by atoms with van der Waals surface area (Å²) in [6.07, 6.45) is 2.90. The molecular formula is C20H21FN8O3. The van der Waals surface area contributed by atoms with Gasteiger partial charge in [-0.05, 0) is 19.8 Å². The third kappa shape index (κ3) is 4.33. The van der Waals surface area contributed by atoms with Gasteiger partial charge >= 0.3 is 0 Å². The van der Waals surface area contributed by atoms with Crippen LogP contribution in [0.15, 0.2) is 24.5 Å². The SMILES string of the molecule is [2H]C([2H])([2H])NC(=O)c1nnc(NC(=O)C2CC2)cc1Nc1cc(F)cc(-n2cnc(C)n2)c1OC. The largest absolute Gasteiger partial charge is 0.492 e. The number of halogens is 1. The quantitative estimate of drug-likeness (QED) is 0.504. The molecule has 0 saturated heterocycles. The number of ether oxygens (including phenoxy) is 1. The van der Waals surface area contributed by atoms with E-state index in [0.717, 1.165) is 18.9 Å². The van der Waals surface area contributed by atoms with Crippen molar-refractivity contribution in [3.05, 3.63) is 41.9 Å². The van der Waals surface area contributed by atoms with Crippen LogP contribution in [0, 0.1) is 18.7 Å². The van der Waals surface area contributed by atoms with E-state index in [0.29, 0.717) is 5.82 Å². The van der Waals surface area contributed by atoms with E-state index in [1.54, 1.807) is 6.92 Å². The van der Waals surface area contributed by atoms with Crippen molar-refractivity contribution in [3.8, 4) is 11.4 Å². The van der Waals surface area contributed by atoms with Crippen LogP contribution >= 0.6 is 0 Å². The Labute approximate surface area is 186 Å². The lowest BCUT2D eigenvalue weighted by Gasteiger charge is -2.17. The Kier molecular flexibility index (Phi) is 4.71. The zero-order valence-corrected chi connectivity index (χ0v) is 17.1. The van der Waals surface area contributed by atoms with Gasteiger partial charge in [-0.2, -0.15) is 5.10 Å². The molecule has 0 atom stereocenters. The standard InChI is InChI=1S/C20H21FN8O3/c1-10-23-9-29(28-10)15-7-12(21)6-14(18(15)32-3)24-13-8-16(25-19(30)11-4-5-11)26-27-17(13)20(31)22-2/h6-9,11H,4-5H2,1-3H3,(H,22,31)(H2,24,25,26,30)/i2D3. The minimum atomic E-state index is -2.79. The van der Waals surface area contributed by atoms with Crippen molar-refractivity contribution in [1.29, 1.82) is 0 Å². The first-order valence-electron chi connectivity index (χ1n) is 11.1. The van der Waals surface area contributed by atoms with Crippen LogP contribution in [0.1, 0.15) is 33.3 Å². The molecule has 2 amide bonds. The van der Waals surface area contributed by atoms with Gasteiger partial charge in [0.2, 0.25) is 5.91 Å². The summed E-state index contributed by atoms with van der Waals surface area (Å²) in [6.45, 7) is -1.12. The molecule has 1 saturated carbocycles. The maximum absolute atomic E-state index is 14.6. The number of hydrogen-bond donors (Lipinski definition) is 3. The molecule has 1 aliphatic carbocycles. The van der Waals surface area contributed by atoms with Crippen molar-refractivity contribution in [2.24, 2.45) is 5.92 Å². The number of amides is 2. The molecule has 32 heavy (non-hydrogen) atoms. The highest BCUT2D eigenvalue weighted by atomic mass is 19.1. The Bertz CT molecular complexity index is 1290. The fourth-order valence-corrected chi connectivity index (χ4v) is 3.01. The summed E-state index contributed by atoms with van der Waals surface area (Å²) in [5.41, 5.74) is -0.146. The van der Waals surface area contributed by atoms with Gasteiger partial charge in [0.1, 0.15) is 23.7 Å². The fraction of sp³-hybridized carbons (Fsp3) is 0.300. The number of hydrogen-bond acceptors (Lipinski definition) is 8. The van der Waals surface area contributed by atoms with E-state index >= 15 is 0 Å². The van der Waals surface area contributed by atoms with Gasteiger partial charge < -0.3 is 20.7 Å². The lowest BCUT2D eigenvalue weighted by molar-refractivity contribution is -0.117. The van der Waals surface area contributed by atoms with E-state index < -0.39 is 24.4 Å². The summed E-state index contributed by atoms with van der Waals surface area (Å²) in [7, 11) is 1.36. The molecular weight excluding hydrogens is 419 g/mol. The van der Waals surface area contributed by atoms with Crippen LogP contribution in [0.25, 0.3) is 5.69 Å². The van der Waals surface area contributed by atoms with Crippen LogP contribution < -0.4 is 20.7 Å². The monoisotopic (exact) mass is 443 g/mol. The summed E-state index contributed by atoms with van der Waals surface area (Å²) < 4.78 is 43.3. The van der Waals surface area contributed by atoms with Gasteiger partial charge in [0.05, 0.1) is 18.5 Å². The van der Waals surface area contributed by atoms with Crippen LogP contribution in [-0.4, -0.2) is 50.9 Å². The number of carbonyl (C=O) groups excluding carboxylic acids is 2. The van der Waals surface area contributed by atoms with Crippen LogP contribution in [-0.2, 0) is 4.79 Å². The summed E-state index contributed by atoms with van der Waals surface area (Å²) >= 11 is 0. The molecule has 1 fully saturated rings. The van der Waals surface area contributed by atoms with E-state index in [4.69, 9.17) is 8.85 Å². The second-order valence-electron chi connectivity index (χ2n) is 7.08. The average Bonchev–Trinajstić information content (AvgIpc) is 3.53. The van der Waals surface area contributed by atoms with E-state index in [2.05, 4.69) is 30.9 Å². The van der Waals surface area contributed by atoms with Crippen LogP contribution in [0.5, 0.6) is 5.75 Å². The summed E-state index contributed by atoms with van der Waals surface area (Å²) in [5, 5.41) is 19.1. The first kappa shape index (κ1) is 17.6. The molecule has 3 N–H and O–H groups in total. The molecule has 0 spiro atoms. The number of aryl methyl sites for hydroxylation is 1. The van der Waals surface area contributed by atoms with Gasteiger partial charge in [-0.3, -0.25) is 9.59 Å². The van der Waals surface area contributed by atoms with Gasteiger partial charge in [-0.15, -0.1) is 10.2 Å².